The van der Waals surface area contributed by atoms with Gasteiger partial charge in [0.05, 0.1) is 11.8 Å². The van der Waals surface area contributed by atoms with Crippen molar-refractivity contribution in [3.63, 3.8) is 0 Å². The maximum atomic E-state index is 12.5. The lowest BCUT2D eigenvalue weighted by molar-refractivity contribution is -0.157. The molecule has 2 saturated carbocycles. The highest BCUT2D eigenvalue weighted by molar-refractivity contribution is 9.10. The Morgan fingerprint density at radius 3 is 2.65 bits per heavy atom. The third-order valence-electron chi connectivity index (χ3n) is 5.82. The lowest BCUT2D eigenvalue weighted by atomic mass is 9.80. The van der Waals surface area contributed by atoms with Crippen LogP contribution in [0.2, 0.25) is 0 Å². The maximum Gasteiger partial charge on any atom is 0.310 e. The van der Waals surface area contributed by atoms with Gasteiger partial charge in [0, 0.05) is 16.1 Å². The molecule has 4 rings (SSSR count). The number of benzene rings is 1. The molecule has 6 nitrogen and oxygen atoms in total. The Bertz CT molecular complexity index is 782. The van der Waals surface area contributed by atoms with Crippen LogP contribution in [0.15, 0.2) is 16.6 Å². The summed E-state index contributed by atoms with van der Waals surface area (Å²) in [5.41, 5.74) is 2.67. The van der Waals surface area contributed by atoms with Crippen molar-refractivity contribution in [1.29, 1.82) is 0 Å². The number of ether oxygens (including phenoxy) is 2. The number of fused-ring (bicyclic) bond motifs is 1. The third-order valence-corrected chi connectivity index (χ3v) is 7.07. The Morgan fingerprint density at radius 1 is 1.27 bits per heavy atom. The van der Waals surface area contributed by atoms with E-state index >= 15 is 0 Å². The minimum Gasteiger partial charge on any atom is -0.462 e. The Hall–Kier alpha value is -1.89. The molecule has 0 radical (unpaired) electrons. The predicted octanol–water partition coefficient (Wildman–Crippen LogP) is 2.75. The molecule has 1 amide bonds. The molecule has 1 heterocycles. The minimum atomic E-state index is -0.462. The summed E-state index contributed by atoms with van der Waals surface area (Å²) >= 11 is 3.48. The maximum absolute atomic E-state index is 12.5. The van der Waals surface area contributed by atoms with Crippen LogP contribution >= 0.6 is 15.9 Å². The second-order valence-corrected chi connectivity index (χ2v) is 8.30. The van der Waals surface area contributed by atoms with Crippen LogP contribution in [0.4, 0.5) is 5.69 Å². The van der Waals surface area contributed by atoms with E-state index < -0.39 is 17.8 Å². The fourth-order valence-electron chi connectivity index (χ4n) is 4.77. The molecule has 3 fully saturated rings. The summed E-state index contributed by atoms with van der Waals surface area (Å²) in [6, 6.07) is 3.70. The molecule has 2 bridgehead atoms. The number of aryl methyl sites for hydroxylation is 2. The summed E-state index contributed by atoms with van der Waals surface area (Å²) in [7, 11) is 0. The molecule has 0 spiro atoms. The Kier molecular flexibility index (Phi) is 4.29. The fraction of sp³-hybridized carbons (Fsp3) is 0.526. The first-order valence-corrected chi connectivity index (χ1v) is 9.58. The van der Waals surface area contributed by atoms with Crippen LogP contribution in [0.3, 0.4) is 0 Å². The zero-order valence-corrected chi connectivity index (χ0v) is 16.2. The largest absolute Gasteiger partial charge is 0.462 e. The normalized spacial score (nSPS) is 31.0. The molecular weight excluding hydrogens is 402 g/mol. The molecule has 1 aromatic rings. The fourth-order valence-corrected chi connectivity index (χ4v) is 5.00. The molecule has 1 aromatic carbocycles. The Balaban J connectivity index is 1.35. The number of hydrogen-bond donors (Lipinski definition) is 1. The summed E-state index contributed by atoms with van der Waals surface area (Å²) in [6.07, 6.45) is 1.55. The van der Waals surface area contributed by atoms with Gasteiger partial charge >= 0.3 is 11.9 Å². The molecule has 138 valence electrons. The highest BCUT2D eigenvalue weighted by atomic mass is 79.9. The lowest BCUT2D eigenvalue weighted by Crippen LogP contribution is -2.34. The molecule has 5 atom stereocenters. The summed E-state index contributed by atoms with van der Waals surface area (Å²) in [4.78, 5) is 36.6. The van der Waals surface area contributed by atoms with Gasteiger partial charge in [0.25, 0.3) is 5.91 Å². The van der Waals surface area contributed by atoms with E-state index in [2.05, 4.69) is 21.2 Å². The van der Waals surface area contributed by atoms with Crippen molar-refractivity contribution < 1.29 is 23.9 Å². The number of rotatable bonds is 4. The average Bonchev–Trinajstić information content (AvgIpc) is 3.19. The summed E-state index contributed by atoms with van der Waals surface area (Å²) in [6.45, 7) is 3.53. The van der Waals surface area contributed by atoms with Crippen molar-refractivity contribution in [2.24, 2.45) is 23.7 Å². The van der Waals surface area contributed by atoms with Crippen LogP contribution in [0.1, 0.15) is 24.0 Å². The molecule has 0 unspecified atom stereocenters. The standard InChI is InChI=1S/C19H20BrNO5/c1-8-3-11(4-9(2)17(8)20)21-14(22)7-25-18(23)15-10-5-12-13(6-10)26-19(24)16(12)15/h3-4,10,12-13,15-16H,5-7H2,1-2H3,(H,21,22)/t10-,12-,13+,15+,16-/m0/s1. The zero-order chi connectivity index (χ0) is 18.6. The number of amides is 1. The number of nitrogens with one attached hydrogen (secondary N) is 1. The first-order chi connectivity index (χ1) is 12.3. The third kappa shape index (κ3) is 2.82. The van der Waals surface area contributed by atoms with Gasteiger partial charge in [0.2, 0.25) is 0 Å². The van der Waals surface area contributed by atoms with E-state index in [1.54, 1.807) is 0 Å². The lowest BCUT2D eigenvalue weighted by Gasteiger charge is -2.22. The van der Waals surface area contributed by atoms with Crippen molar-refractivity contribution in [2.45, 2.75) is 32.8 Å². The van der Waals surface area contributed by atoms with E-state index in [1.807, 2.05) is 26.0 Å². The number of hydrogen-bond acceptors (Lipinski definition) is 5. The van der Waals surface area contributed by atoms with E-state index in [-0.39, 0.29) is 36.4 Å². The van der Waals surface area contributed by atoms with Crippen molar-refractivity contribution >= 4 is 39.5 Å². The molecule has 1 saturated heterocycles. The van der Waals surface area contributed by atoms with Gasteiger partial charge in [-0.25, -0.2) is 0 Å². The minimum absolute atomic E-state index is 0.0197. The smallest absolute Gasteiger partial charge is 0.310 e. The topological polar surface area (TPSA) is 81.7 Å². The van der Waals surface area contributed by atoms with E-state index in [0.717, 1.165) is 28.4 Å². The van der Waals surface area contributed by atoms with E-state index in [9.17, 15) is 14.4 Å². The highest BCUT2D eigenvalue weighted by Crippen LogP contribution is 2.57. The summed E-state index contributed by atoms with van der Waals surface area (Å²) in [5, 5.41) is 2.74. The Labute approximate surface area is 159 Å². The van der Waals surface area contributed by atoms with Crippen LogP contribution in [-0.2, 0) is 23.9 Å². The number of halogens is 1. The van der Waals surface area contributed by atoms with Gasteiger partial charge in [-0.2, -0.15) is 0 Å². The number of carbonyl (C=O) groups excluding carboxylic acids is 3. The van der Waals surface area contributed by atoms with Crippen LogP contribution < -0.4 is 5.32 Å². The van der Waals surface area contributed by atoms with E-state index in [1.165, 1.54) is 0 Å². The molecule has 26 heavy (non-hydrogen) atoms. The molecule has 3 aliphatic rings. The van der Waals surface area contributed by atoms with Crippen molar-refractivity contribution in [3.8, 4) is 0 Å². The second-order valence-electron chi connectivity index (χ2n) is 7.50. The molecule has 1 N–H and O–H groups in total. The number of anilines is 1. The van der Waals surface area contributed by atoms with Crippen LogP contribution in [0, 0.1) is 37.5 Å². The molecule has 1 aliphatic heterocycles. The van der Waals surface area contributed by atoms with Gasteiger partial charge in [-0.15, -0.1) is 0 Å². The van der Waals surface area contributed by atoms with Crippen LogP contribution in [-0.4, -0.2) is 30.6 Å². The molecule has 7 heteroatoms. The van der Waals surface area contributed by atoms with Gasteiger partial charge < -0.3 is 14.8 Å². The van der Waals surface area contributed by atoms with Crippen molar-refractivity contribution in [1.82, 2.24) is 0 Å². The van der Waals surface area contributed by atoms with Crippen molar-refractivity contribution in [3.05, 3.63) is 27.7 Å². The number of esters is 2. The van der Waals surface area contributed by atoms with Gasteiger partial charge in [-0.05, 0) is 55.9 Å². The Morgan fingerprint density at radius 2 is 1.96 bits per heavy atom. The molecule has 0 aromatic heterocycles. The van der Waals surface area contributed by atoms with Crippen molar-refractivity contribution in [2.75, 3.05) is 11.9 Å². The van der Waals surface area contributed by atoms with E-state index in [4.69, 9.17) is 9.47 Å². The predicted molar refractivity (Wildman–Crippen MR) is 96.3 cm³/mol. The SMILES string of the molecule is Cc1cc(NC(=O)COC(=O)[C@@H]2[C@H]3C[C@@H]4[C@@H]2C(=O)O[C@@H]4C3)cc(C)c1Br. The van der Waals surface area contributed by atoms with Crippen LogP contribution in [0.25, 0.3) is 0 Å². The highest BCUT2D eigenvalue weighted by Gasteiger charge is 2.64. The van der Waals surface area contributed by atoms with Gasteiger partial charge in [-0.1, -0.05) is 15.9 Å². The average molecular weight is 422 g/mol. The quantitative estimate of drug-likeness (QED) is 0.755. The molecular formula is C19H20BrNO5. The number of carbonyl (C=O) groups is 3. The zero-order valence-electron chi connectivity index (χ0n) is 14.6. The van der Waals surface area contributed by atoms with Gasteiger partial charge in [-0.3, -0.25) is 14.4 Å². The van der Waals surface area contributed by atoms with Gasteiger partial charge in [0.15, 0.2) is 6.61 Å². The monoisotopic (exact) mass is 421 g/mol. The first kappa shape index (κ1) is 17.5. The summed E-state index contributed by atoms with van der Waals surface area (Å²) in [5.74, 6) is -1.71. The van der Waals surface area contributed by atoms with E-state index in [0.29, 0.717) is 5.69 Å². The molecule has 2 aliphatic carbocycles. The first-order valence-electron chi connectivity index (χ1n) is 8.79. The van der Waals surface area contributed by atoms with Gasteiger partial charge in [0.1, 0.15) is 6.10 Å². The van der Waals surface area contributed by atoms with Crippen LogP contribution in [0.5, 0.6) is 0 Å². The summed E-state index contributed by atoms with van der Waals surface area (Å²) < 4.78 is 11.6. The second kappa shape index (κ2) is 6.37.